The number of amides is 1. The molecule has 1 amide bonds. The zero-order chi connectivity index (χ0) is 15.4. The fourth-order valence-electron chi connectivity index (χ4n) is 3.24. The Bertz CT molecular complexity index is 486. The molecule has 1 aromatic carbocycles. The third-order valence-electron chi connectivity index (χ3n) is 4.67. The van der Waals surface area contributed by atoms with E-state index >= 15 is 0 Å². The summed E-state index contributed by atoms with van der Waals surface area (Å²) in [6, 6.07) is 9.02. The summed E-state index contributed by atoms with van der Waals surface area (Å²) in [4.78, 5) is 13.1. The molecule has 2 rings (SSSR count). The van der Waals surface area contributed by atoms with Gasteiger partial charge in [0.25, 0.3) is 0 Å². The van der Waals surface area contributed by atoms with Crippen LogP contribution in [-0.2, 0) is 11.3 Å². The molecule has 0 heterocycles. The van der Waals surface area contributed by atoms with Gasteiger partial charge < -0.3 is 10.2 Å². The first-order chi connectivity index (χ1) is 9.95. The minimum Gasteiger partial charge on any atom is -0.382 e. The van der Waals surface area contributed by atoms with Crippen molar-refractivity contribution in [3.63, 3.8) is 0 Å². The second-order valence-electron chi connectivity index (χ2n) is 6.72. The van der Waals surface area contributed by atoms with Crippen molar-refractivity contribution in [2.75, 3.05) is 12.4 Å². The number of rotatable bonds is 4. The van der Waals surface area contributed by atoms with Crippen LogP contribution in [0.15, 0.2) is 24.3 Å². The van der Waals surface area contributed by atoms with E-state index in [0.717, 1.165) is 11.8 Å². The number of nitrogens with zero attached hydrogens (tertiary/aromatic N) is 1. The highest BCUT2D eigenvalue weighted by atomic mass is 16.2. The molecule has 0 aliphatic heterocycles. The van der Waals surface area contributed by atoms with Crippen molar-refractivity contribution in [2.45, 2.75) is 52.6 Å². The minimum atomic E-state index is 0.100. The lowest BCUT2D eigenvalue weighted by atomic mass is 9.80. The Balaban J connectivity index is 1.99. The first-order valence-electron chi connectivity index (χ1n) is 8.03. The van der Waals surface area contributed by atoms with Crippen molar-refractivity contribution in [1.82, 2.24) is 4.90 Å². The van der Waals surface area contributed by atoms with E-state index < -0.39 is 0 Å². The van der Waals surface area contributed by atoms with Crippen molar-refractivity contribution < 1.29 is 4.79 Å². The van der Waals surface area contributed by atoms with Crippen molar-refractivity contribution in [3.05, 3.63) is 29.8 Å². The highest BCUT2D eigenvalue weighted by Crippen LogP contribution is 2.30. The van der Waals surface area contributed by atoms with Crippen LogP contribution in [0.2, 0.25) is 0 Å². The van der Waals surface area contributed by atoms with Gasteiger partial charge in [0.05, 0.1) is 0 Å². The van der Waals surface area contributed by atoms with E-state index in [2.05, 4.69) is 43.4 Å². The zero-order valence-corrected chi connectivity index (χ0v) is 13.7. The van der Waals surface area contributed by atoms with Crippen molar-refractivity contribution >= 4 is 11.6 Å². The highest BCUT2D eigenvalue weighted by Gasteiger charge is 2.25. The van der Waals surface area contributed by atoms with Gasteiger partial charge in [0.15, 0.2) is 0 Å². The smallest absolute Gasteiger partial charge is 0.219 e. The standard InChI is InChI=1S/C18H28N2O/c1-13-8-9-18(14(2)10-13)19-17-7-5-6-16(11-17)12-20(4)15(3)21/h5-7,11,13-14,18-19H,8-10,12H2,1-4H3. The molecule has 0 saturated heterocycles. The van der Waals surface area contributed by atoms with Gasteiger partial charge in [-0.1, -0.05) is 26.0 Å². The van der Waals surface area contributed by atoms with Crippen molar-refractivity contribution in [1.29, 1.82) is 0 Å². The molecule has 0 spiro atoms. The van der Waals surface area contributed by atoms with Gasteiger partial charge in [-0.3, -0.25) is 4.79 Å². The summed E-state index contributed by atoms with van der Waals surface area (Å²) >= 11 is 0. The normalized spacial score (nSPS) is 25.4. The molecular formula is C18H28N2O. The first kappa shape index (κ1) is 15.9. The molecule has 116 valence electrons. The number of hydrogen-bond donors (Lipinski definition) is 1. The molecule has 1 aliphatic carbocycles. The highest BCUT2D eigenvalue weighted by molar-refractivity contribution is 5.72. The van der Waals surface area contributed by atoms with Crippen LogP contribution in [0, 0.1) is 11.8 Å². The average molecular weight is 288 g/mol. The van der Waals surface area contributed by atoms with E-state index in [4.69, 9.17) is 0 Å². The lowest BCUT2D eigenvalue weighted by molar-refractivity contribution is -0.128. The molecule has 1 aromatic rings. The lowest BCUT2D eigenvalue weighted by Crippen LogP contribution is -2.33. The van der Waals surface area contributed by atoms with E-state index in [9.17, 15) is 4.79 Å². The lowest BCUT2D eigenvalue weighted by Gasteiger charge is -2.34. The van der Waals surface area contributed by atoms with Gasteiger partial charge in [0.1, 0.15) is 0 Å². The first-order valence-corrected chi connectivity index (χ1v) is 8.03. The van der Waals surface area contributed by atoms with Gasteiger partial charge in [-0.2, -0.15) is 0 Å². The Kier molecular flexibility index (Phi) is 5.27. The topological polar surface area (TPSA) is 32.3 Å². The third kappa shape index (κ3) is 4.48. The predicted octanol–water partition coefficient (Wildman–Crippen LogP) is 3.90. The quantitative estimate of drug-likeness (QED) is 0.911. The zero-order valence-electron chi connectivity index (χ0n) is 13.7. The fourth-order valence-corrected chi connectivity index (χ4v) is 3.24. The molecule has 3 nitrogen and oxygen atoms in total. The molecule has 1 N–H and O–H groups in total. The Morgan fingerprint density at radius 3 is 2.76 bits per heavy atom. The van der Waals surface area contributed by atoms with Crippen LogP contribution < -0.4 is 5.32 Å². The number of nitrogens with one attached hydrogen (secondary N) is 1. The summed E-state index contributed by atoms with van der Waals surface area (Å²) < 4.78 is 0. The molecule has 0 aromatic heterocycles. The number of carbonyl (C=O) groups is 1. The third-order valence-corrected chi connectivity index (χ3v) is 4.67. The summed E-state index contributed by atoms with van der Waals surface area (Å²) in [5, 5.41) is 3.69. The molecule has 1 saturated carbocycles. The number of hydrogen-bond acceptors (Lipinski definition) is 2. The van der Waals surface area contributed by atoms with Crippen molar-refractivity contribution in [2.24, 2.45) is 11.8 Å². The molecule has 21 heavy (non-hydrogen) atoms. The van der Waals surface area contributed by atoms with Gasteiger partial charge in [0, 0.05) is 32.2 Å². The summed E-state index contributed by atoms with van der Waals surface area (Å²) in [5.41, 5.74) is 2.35. The Labute approximate surface area is 128 Å². The summed E-state index contributed by atoms with van der Waals surface area (Å²) in [5.74, 6) is 1.68. The molecule has 3 atom stereocenters. The molecule has 0 bridgehead atoms. The van der Waals surface area contributed by atoms with Crippen LogP contribution in [0.25, 0.3) is 0 Å². The second kappa shape index (κ2) is 6.97. The van der Waals surface area contributed by atoms with Crippen LogP contribution >= 0.6 is 0 Å². The number of anilines is 1. The van der Waals surface area contributed by atoms with Gasteiger partial charge >= 0.3 is 0 Å². The predicted molar refractivity (Wildman–Crippen MR) is 88.2 cm³/mol. The van der Waals surface area contributed by atoms with Gasteiger partial charge in [-0.05, 0) is 48.8 Å². The van der Waals surface area contributed by atoms with Crippen LogP contribution in [0.4, 0.5) is 5.69 Å². The largest absolute Gasteiger partial charge is 0.382 e. The van der Waals surface area contributed by atoms with Crippen LogP contribution in [0.5, 0.6) is 0 Å². The van der Waals surface area contributed by atoms with E-state index in [0.29, 0.717) is 12.6 Å². The van der Waals surface area contributed by atoms with Gasteiger partial charge in [0.2, 0.25) is 5.91 Å². The summed E-state index contributed by atoms with van der Waals surface area (Å²) in [6.07, 6.45) is 3.87. The Hall–Kier alpha value is -1.51. The van der Waals surface area contributed by atoms with Gasteiger partial charge in [-0.25, -0.2) is 0 Å². The van der Waals surface area contributed by atoms with E-state index in [1.54, 1.807) is 11.8 Å². The molecule has 3 heteroatoms. The molecule has 1 aliphatic rings. The summed E-state index contributed by atoms with van der Waals surface area (Å²) in [6.45, 7) is 6.97. The molecular weight excluding hydrogens is 260 g/mol. The average Bonchev–Trinajstić information content (AvgIpc) is 2.42. The monoisotopic (exact) mass is 288 g/mol. The SMILES string of the molecule is CC(=O)N(C)Cc1cccc(NC2CCC(C)CC2C)c1. The van der Waals surface area contributed by atoms with E-state index in [-0.39, 0.29) is 5.91 Å². The maximum Gasteiger partial charge on any atom is 0.219 e. The maximum atomic E-state index is 11.3. The van der Waals surface area contributed by atoms with Crippen LogP contribution in [0.1, 0.15) is 45.6 Å². The maximum absolute atomic E-state index is 11.3. The van der Waals surface area contributed by atoms with E-state index in [1.165, 1.54) is 30.5 Å². The van der Waals surface area contributed by atoms with Crippen LogP contribution in [0.3, 0.4) is 0 Å². The Morgan fingerprint density at radius 1 is 1.33 bits per heavy atom. The van der Waals surface area contributed by atoms with Gasteiger partial charge in [-0.15, -0.1) is 0 Å². The van der Waals surface area contributed by atoms with Crippen molar-refractivity contribution in [3.8, 4) is 0 Å². The fraction of sp³-hybridized carbons (Fsp3) is 0.611. The number of benzene rings is 1. The molecule has 1 fully saturated rings. The van der Waals surface area contributed by atoms with E-state index in [1.807, 2.05) is 7.05 Å². The number of carbonyl (C=O) groups excluding carboxylic acids is 1. The second-order valence-corrected chi connectivity index (χ2v) is 6.72. The molecule has 0 radical (unpaired) electrons. The summed E-state index contributed by atoms with van der Waals surface area (Å²) in [7, 11) is 1.84. The minimum absolute atomic E-state index is 0.100. The Morgan fingerprint density at radius 2 is 2.10 bits per heavy atom. The molecule has 3 unspecified atom stereocenters. The van der Waals surface area contributed by atoms with Crippen LogP contribution in [-0.4, -0.2) is 23.9 Å².